The summed E-state index contributed by atoms with van der Waals surface area (Å²) in [7, 11) is 0. The van der Waals surface area contributed by atoms with Gasteiger partial charge in [0.2, 0.25) is 35.4 Å². The first-order valence-electron chi connectivity index (χ1n) is 21.1. The SMILES string of the molecule is CC(=O)O.CC[C@H](C)[C@H](NC(=O)[C@H](Cc1ccc(O)cc1)NC(=O)[C@@H](NC(=O)CN)C(C)C)C(=O)N[C@@H](Cc1cnc[nH]1)C(=O)N1CCC[C@H]1C(=O)N[C@@H](Cc1ccccc1)C(=O)O. The highest BCUT2D eigenvalue weighted by atomic mass is 16.4. The largest absolute Gasteiger partial charge is 0.508 e. The summed E-state index contributed by atoms with van der Waals surface area (Å²) < 4.78 is 0. The number of nitrogens with zero attached hydrogens (tertiary/aromatic N) is 2. The molecule has 1 fully saturated rings. The van der Waals surface area contributed by atoms with Gasteiger partial charge < -0.3 is 57.5 Å². The summed E-state index contributed by atoms with van der Waals surface area (Å²) in [5, 5.41) is 40.7. The van der Waals surface area contributed by atoms with Gasteiger partial charge in [-0.2, -0.15) is 0 Å². The van der Waals surface area contributed by atoms with Crippen LogP contribution in [0.2, 0.25) is 0 Å². The molecule has 0 unspecified atom stereocenters. The molecular weight excluding hydrogens is 831 g/mol. The fraction of sp³-hybridized carbons (Fsp3) is 0.477. The van der Waals surface area contributed by atoms with Crippen molar-refractivity contribution in [1.29, 1.82) is 0 Å². The molecule has 0 aliphatic carbocycles. The van der Waals surface area contributed by atoms with Gasteiger partial charge in [-0.05, 0) is 47.9 Å². The Labute approximate surface area is 371 Å². The van der Waals surface area contributed by atoms with Gasteiger partial charge in [0.05, 0.1) is 12.9 Å². The molecule has 1 saturated heterocycles. The van der Waals surface area contributed by atoms with E-state index in [4.69, 9.17) is 15.6 Å². The van der Waals surface area contributed by atoms with Gasteiger partial charge in [0.25, 0.3) is 5.97 Å². The molecule has 6 amide bonds. The van der Waals surface area contributed by atoms with Crippen molar-refractivity contribution in [2.75, 3.05) is 13.1 Å². The third-order valence-corrected chi connectivity index (χ3v) is 10.6. The summed E-state index contributed by atoms with van der Waals surface area (Å²) in [5.74, 6) is -6.78. The highest BCUT2D eigenvalue weighted by Gasteiger charge is 2.40. The highest BCUT2D eigenvalue weighted by molar-refractivity contribution is 5.97. The van der Waals surface area contributed by atoms with Gasteiger partial charge in [-0.1, -0.05) is 76.6 Å². The van der Waals surface area contributed by atoms with Crippen molar-refractivity contribution >= 4 is 47.4 Å². The number of aromatic hydroxyl groups is 1. The Balaban J connectivity index is 0.00000261. The van der Waals surface area contributed by atoms with Gasteiger partial charge in [-0.15, -0.1) is 0 Å². The van der Waals surface area contributed by atoms with Crippen molar-refractivity contribution in [3.05, 3.63) is 83.9 Å². The number of phenolic OH excluding ortho intramolecular Hbond substituents is 1. The second-order valence-corrected chi connectivity index (χ2v) is 15.9. The molecule has 348 valence electrons. The van der Waals surface area contributed by atoms with Crippen LogP contribution in [0.25, 0.3) is 0 Å². The van der Waals surface area contributed by atoms with Crippen LogP contribution in [0.3, 0.4) is 0 Å². The Morgan fingerprint density at radius 3 is 1.94 bits per heavy atom. The van der Waals surface area contributed by atoms with E-state index < -0.39 is 89.6 Å². The number of aliphatic carboxylic acids is 2. The van der Waals surface area contributed by atoms with Crippen LogP contribution >= 0.6 is 0 Å². The number of nitrogens with one attached hydrogen (secondary N) is 6. The maximum Gasteiger partial charge on any atom is 0.326 e. The lowest BCUT2D eigenvalue weighted by molar-refractivity contribution is -0.145. The smallest absolute Gasteiger partial charge is 0.326 e. The Morgan fingerprint density at radius 2 is 1.38 bits per heavy atom. The van der Waals surface area contributed by atoms with Crippen molar-refractivity contribution in [2.45, 2.75) is 109 Å². The predicted molar refractivity (Wildman–Crippen MR) is 233 cm³/mol. The molecule has 11 N–H and O–H groups in total. The van der Waals surface area contributed by atoms with E-state index in [1.165, 1.54) is 29.6 Å². The van der Waals surface area contributed by atoms with E-state index in [0.717, 1.165) is 6.92 Å². The topological polar surface area (TPSA) is 315 Å². The Kier molecular flexibility index (Phi) is 20.4. The molecule has 4 rings (SSSR count). The Hall–Kier alpha value is -6.83. The van der Waals surface area contributed by atoms with Crippen LogP contribution < -0.4 is 32.3 Å². The molecular formula is C44H61N9O11. The summed E-state index contributed by atoms with van der Waals surface area (Å²) in [4.78, 5) is 112. The normalized spacial score (nSPS) is 16.0. The zero-order valence-electron chi connectivity index (χ0n) is 36.7. The predicted octanol–water partition coefficient (Wildman–Crippen LogP) is 0.395. The van der Waals surface area contributed by atoms with Crippen LogP contribution in [0, 0.1) is 11.8 Å². The van der Waals surface area contributed by atoms with Crippen molar-refractivity contribution < 1.29 is 53.7 Å². The number of H-pyrrole nitrogens is 1. The van der Waals surface area contributed by atoms with E-state index >= 15 is 0 Å². The lowest BCUT2D eigenvalue weighted by atomic mass is 9.96. The number of hydrogen-bond acceptors (Lipinski definition) is 11. The number of nitrogens with two attached hydrogens (primary N) is 1. The number of carbonyl (C=O) groups is 8. The first kappa shape index (κ1) is 51.5. The van der Waals surface area contributed by atoms with Crippen LogP contribution in [0.1, 0.15) is 70.7 Å². The van der Waals surface area contributed by atoms with Crippen molar-refractivity contribution in [3.63, 3.8) is 0 Å². The van der Waals surface area contributed by atoms with Crippen LogP contribution in [0.4, 0.5) is 0 Å². The Morgan fingerprint density at radius 1 is 0.781 bits per heavy atom. The van der Waals surface area contributed by atoms with Crippen LogP contribution in [-0.2, 0) is 57.6 Å². The monoisotopic (exact) mass is 891 g/mol. The molecule has 0 spiro atoms. The molecule has 0 radical (unpaired) electrons. The minimum Gasteiger partial charge on any atom is -0.508 e. The van der Waals surface area contributed by atoms with E-state index in [-0.39, 0.29) is 50.4 Å². The number of phenols is 1. The number of benzene rings is 2. The molecule has 1 aliphatic heterocycles. The summed E-state index contributed by atoms with van der Waals surface area (Å²) in [6.07, 6.45) is 4.00. The molecule has 2 heterocycles. The van der Waals surface area contributed by atoms with E-state index in [1.54, 1.807) is 63.2 Å². The zero-order valence-corrected chi connectivity index (χ0v) is 36.7. The van der Waals surface area contributed by atoms with Gasteiger partial charge in [0.1, 0.15) is 42.0 Å². The standard InChI is InChI=1S/C42H57N9O9.C2H4O2/c1-5-25(4)36(50-37(54)30(18-27-13-15-29(52)16-14-27)46-39(56)35(24(2)3)49-34(53)21-43)40(57)47-31(20-28-22-44-23-45-28)41(58)51-17-9-12-33(51)38(55)48-32(42(59)60)19-26-10-7-6-8-11-26;1-2(3)4/h6-8,10-11,13-16,22-25,30-33,35-36,52H,5,9,12,17-21,43H2,1-4H3,(H,44,45)(H,46,56)(H,47,57)(H,48,55)(H,49,53)(H,50,54)(H,59,60);1H3,(H,3,4)/t25-,30-,31-,32-,33-,35-,36-;/m0./s1. The number of aromatic amines is 1. The minimum atomic E-state index is -1.25. The molecule has 1 aliphatic rings. The molecule has 64 heavy (non-hydrogen) atoms. The quantitative estimate of drug-likeness (QED) is 0.0693. The summed E-state index contributed by atoms with van der Waals surface area (Å²) in [5.41, 5.74) is 7.26. The van der Waals surface area contributed by atoms with Crippen molar-refractivity contribution in [3.8, 4) is 5.75 Å². The van der Waals surface area contributed by atoms with Gasteiger partial charge in [-0.25, -0.2) is 9.78 Å². The van der Waals surface area contributed by atoms with Crippen LogP contribution in [0.5, 0.6) is 5.75 Å². The molecule has 0 saturated carbocycles. The minimum absolute atomic E-state index is 0.00529. The van der Waals surface area contributed by atoms with Crippen molar-refractivity contribution in [1.82, 2.24) is 41.5 Å². The first-order valence-corrected chi connectivity index (χ1v) is 21.1. The summed E-state index contributed by atoms with van der Waals surface area (Å²) in [6.45, 7) is 7.91. The number of rotatable bonds is 21. The number of carboxylic acid groups (broad SMARTS) is 2. The molecule has 1 aromatic heterocycles. The molecule has 7 atom stereocenters. The second kappa shape index (κ2) is 25.3. The number of likely N-dealkylation sites (tertiary alicyclic amines) is 1. The lowest BCUT2D eigenvalue weighted by Gasteiger charge is -2.32. The first-order chi connectivity index (χ1) is 30.3. The summed E-state index contributed by atoms with van der Waals surface area (Å²) in [6, 6.07) is 7.89. The lowest BCUT2D eigenvalue weighted by Crippen LogP contribution is -2.61. The summed E-state index contributed by atoms with van der Waals surface area (Å²) >= 11 is 0. The molecule has 2 aromatic carbocycles. The van der Waals surface area contributed by atoms with E-state index in [0.29, 0.717) is 29.7 Å². The molecule has 0 bridgehead atoms. The van der Waals surface area contributed by atoms with E-state index in [2.05, 4.69) is 36.6 Å². The Bertz CT molecular complexity index is 2030. The van der Waals surface area contributed by atoms with Crippen LogP contribution in [-0.4, -0.2) is 127 Å². The second-order valence-electron chi connectivity index (χ2n) is 15.9. The third-order valence-electron chi connectivity index (χ3n) is 10.6. The molecule has 3 aromatic rings. The maximum atomic E-state index is 14.4. The number of carboxylic acids is 2. The van der Waals surface area contributed by atoms with Gasteiger partial charge in [0.15, 0.2) is 0 Å². The number of aromatic nitrogens is 2. The fourth-order valence-electron chi connectivity index (χ4n) is 6.96. The number of carbonyl (C=O) groups excluding carboxylic acids is 6. The molecule has 20 nitrogen and oxygen atoms in total. The van der Waals surface area contributed by atoms with Crippen molar-refractivity contribution in [2.24, 2.45) is 17.6 Å². The van der Waals surface area contributed by atoms with Gasteiger partial charge in [-0.3, -0.25) is 33.6 Å². The van der Waals surface area contributed by atoms with E-state index in [9.17, 15) is 43.8 Å². The third kappa shape index (κ3) is 16.1. The van der Waals surface area contributed by atoms with Crippen LogP contribution in [0.15, 0.2) is 67.1 Å². The average Bonchev–Trinajstić information content (AvgIpc) is 3.97. The maximum absolute atomic E-state index is 14.4. The highest BCUT2D eigenvalue weighted by Crippen LogP contribution is 2.21. The zero-order chi connectivity index (χ0) is 47.5. The van der Waals surface area contributed by atoms with E-state index in [1.807, 2.05) is 6.92 Å². The molecule has 20 heteroatoms. The average molecular weight is 892 g/mol. The van der Waals surface area contributed by atoms with Gasteiger partial charge in [0, 0.05) is 44.6 Å². The number of hydrogen-bond donors (Lipinski definition) is 10. The number of amides is 6. The van der Waals surface area contributed by atoms with Gasteiger partial charge >= 0.3 is 5.97 Å². The fourth-order valence-corrected chi connectivity index (χ4v) is 6.96. The number of imidazole rings is 1.